The summed E-state index contributed by atoms with van der Waals surface area (Å²) in [5.41, 5.74) is -0.634. The normalized spacial score (nSPS) is 18.7. The van der Waals surface area contributed by atoms with E-state index in [1.807, 2.05) is 0 Å². The highest BCUT2D eigenvalue weighted by Crippen LogP contribution is 2.44. The molecule has 1 fully saturated rings. The number of aliphatic hydroxyl groups is 1. The molecule has 0 aliphatic heterocycles. The van der Waals surface area contributed by atoms with Crippen molar-refractivity contribution in [3.63, 3.8) is 0 Å². The highest BCUT2D eigenvalue weighted by molar-refractivity contribution is 7.98. The van der Waals surface area contributed by atoms with E-state index in [9.17, 15) is 9.50 Å². The van der Waals surface area contributed by atoms with Gasteiger partial charge in [0.15, 0.2) is 0 Å². The first-order valence-corrected chi connectivity index (χ1v) is 6.43. The van der Waals surface area contributed by atoms with Crippen molar-refractivity contribution >= 4 is 23.4 Å². The van der Waals surface area contributed by atoms with Crippen molar-refractivity contribution in [2.75, 3.05) is 6.26 Å². The molecule has 4 heteroatoms. The molecule has 1 N–H and O–H groups in total. The molecule has 0 unspecified atom stereocenters. The first-order valence-electron chi connectivity index (χ1n) is 4.83. The summed E-state index contributed by atoms with van der Waals surface area (Å²) in [5, 5.41) is 10.6. The Morgan fingerprint density at radius 3 is 2.60 bits per heavy atom. The van der Waals surface area contributed by atoms with E-state index in [1.54, 1.807) is 12.3 Å². The number of rotatable bonds is 2. The molecule has 1 aromatic rings. The van der Waals surface area contributed by atoms with E-state index in [1.165, 1.54) is 17.8 Å². The lowest BCUT2D eigenvalue weighted by molar-refractivity contribution is -0.0419. The molecule has 82 valence electrons. The zero-order chi connectivity index (χ0) is 11.1. The zero-order valence-corrected chi connectivity index (χ0v) is 9.96. The van der Waals surface area contributed by atoms with Gasteiger partial charge in [0.1, 0.15) is 5.82 Å². The topological polar surface area (TPSA) is 20.2 Å². The average molecular weight is 247 g/mol. The van der Waals surface area contributed by atoms with Gasteiger partial charge < -0.3 is 5.11 Å². The van der Waals surface area contributed by atoms with E-state index in [0.29, 0.717) is 28.3 Å². The SMILES string of the molecule is CSc1cc(Cl)cc(C2(O)CCC2)c1F. The Morgan fingerprint density at radius 1 is 1.47 bits per heavy atom. The fourth-order valence-electron chi connectivity index (χ4n) is 1.83. The van der Waals surface area contributed by atoms with Gasteiger partial charge in [0.2, 0.25) is 0 Å². The Morgan fingerprint density at radius 2 is 2.13 bits per heavy atom. The van der Waals surface area contributed by atoms with Gasteiger partial charge >= 0.3 is 0 Å². The van der Waals surface area contributed by atoms with Crippen LogP contribution in [0.3, 0.4) is 0 Å². The third kappa shape index (κ3) is 1.88. The fraction of sp³-hybridized carbons (Fsp3) is 0.455. The van der Waals surface area contributed by atoms with E-state index >= 15 is 0 Å². The van der Waals surface area contributed by atoms with Gasteiger partial charge in [0.05, 0.1) is 5.60 Å². The van der Waals surface area contributed by atoms with Crippen LogP contribution in [-0.2, 0) is 5.60 Å². The van der Waals surface area contributed by atoms with Gasteiger partial charge in [0, 0.05) is 15.5 Å². The molecular formula is C11H12ClFOS. The quantitative estimate of drug-likeness (QED) is 0.805. The minimum Gasteiger partial charge on any atom is -0.385 e. The highest BCUT2D eigenvalue weighted by atomic mass is 35.5. The molecule has 1 aromatic carbocycles. The number of halogens is 2. The van der Waals surface area contributed by atoms with Crippen LogP contribution in [-0.4, -0.2) is 11.4 Å². The predicted octanol–water partition coefficient (Wildman–Crippen LogP) is 3.57. The summed E-state index contributed by atoms with van der Waals surface area (Å²) in [4.78, 5) is 0.498. The second-order valence-electron chi connectivity index (χ2n) is 3.85. The predicted molar refractivity (Wildman–Crippen MR) is 60.9 cm³/mol. The van der Waals surface area contributed by atoms with Gasteiger partial charge in [-0.1, -0.05) is 11.6 Å². The Bertz CT molecular complexity index is 390. The van der Waals surface area contributed by atoms with Crippen molar-refractivity contribution in [2.45, 2.75) is 29.8 Å². The van der Waals surface area contributed by atoms with Crippen molar-refractivity contribution in [1.29, 1.82) is 0 Å². The number of hydrogen-bond donors (Lipinski definition) is 1. The van der Waals surface area contributed by atoms with Crippen LogP contribution in [0, 0.1) is 5.82 Å². The summed E-state index contributed by atoms with van der Waals surface area (Å²) in [6, 6.07) is 3.13. The third-order valence-corrected chi connectivity index (χ3v) is 3.86. The Kier molecular flexibility index (Phi) is 2.97. The van der Waals surface area contributed by atoms with Crippen LogP contribution in [0.5, 0.6) is 0 Å². The van der Waals surface area contributed by atoms with E-state index in [2.05, 4.69) is 0 Å². The van der Waals surface area contributed by atoms with Gasteiger partial charge in [-0.25, -0.2) is 4.39 Å². The van der Waals surface area contributed by atoms with Crippen LogP contribution in [0.15, 0.2) is 17.0 Å². The lowest BCUT2D eigenvalue weighted by Crippen LogP contribution is -2.34. The first kappa shape index (κ1) is 11.2. The maximum atomic E-state index is 13.9. The molecule has 1 aliphatic rings. The summed E-state index contributed by atoms with van der Waals surface area (Å²) in [5.74, 6) is -0.325. The van der Waals surface area contributed by atoms with Crippen molar-refractivity contribution < 1.29 is 9.50 Å². The smallest absolute Gasteiger partial charge is 0.142 e. The lowest BCUT2D eigenvalue weighted by Gasteiger charge is -2.37. The second kappa shape index (κ2) is 3.96. The van der Waals surface area contributed by atoms with E-state index in [0.717, 1.165) is 6.42 Å². The molecule has 0 atom stereocenters. The number of benzene rings is 1. The van der Waals surface area contributed by atoms with Crippen molar-refractivity contribution in [3.8, 4) is 0 Å². The Hall–Kier alpha value is -0.250. The van der Waals surface area contributed by atoms with Crippen molar-refractivity contribution in [1.82, 2.24) is 0 Å². The monoisotopic (exact) mass is 246 g/mol. The molecule has 0 spiro atoms. The van der Waals surface area contributed by atoms with Crippen LogP contribution in [0.2, 0.25) is 5.02 Å². The molecule has 0 heterocycles. The maximum absolute atomic E-state index is 13.9. The van der Waals surface area contributed by atoms with Gasteiger partial charge in [-0.05, 0) is 37.7 Å². The van der Waals surface area contributed by atoms with E-state index in [-0.39, 0.29) is 5.82 Å². The number of thioether (sulfide) groups is 1. The Labute approximate surface area is 97.6 Å². The molecule has 2 rings (SSSR count). The lowest BCUT2D eigenvalue weighted by atomic mass is 9.75. The summed E-state index contributed by atoms with van der Waals surface area (Å²) in [6.07, 6.45) is 3.98. The van der Waals surface area contributed by atoms with Crippen LogP contribution < -0.4 is 0 Å². The summed E-state index contributed by atoms with van der Waals surface area (Å²) in [6.45, 7) is 0. The molecule has 0 bridgehead atoms. The molecule has 0 radical (unpaired) electrons. The van der Waals surface area contributed by atoms with Crippen molar-refractivity contribution in [3.05, 3.63) is 28.5 Å². The highest BCUT2D eigenvalue weighted by Gasteiger charge is 2.39. The van der Waals surface area contributed by atoms with Crippen LogP contribution in [0.4, 0.5) is 4.39 Å². The van der Waals surface area contributed by atoms with Gasteiger partial charge in [-0.2, -0.15) is 0 Å². The molecule has 15 heavy (non-hydrogen) atoms. The second-order valence-corrected chi connectivity index (χ2v) is 5.14. The van der Waals surface area contributed by atoms with Crippen molar-refractivity contribution in [2.24, 2.45) is 0 Å². The first-order chi connectivity index (χ1) is 7.07. The largest absolute Gasteiger partial charge is 0.385 e. The van der Waals surface area contributed by atoms with E-state index < -0.39 is 5.60 Å². The van der Waals surface area contributed by atoms with E-state index in [4.69, 9.17) is 11.6 Å². The zero-order valence-electron chi connectivity index (χ0n) is 8.39. The molecule has 0 saturated heterocycles. The average Bonchev–Trinajstić information content (AvgIpc) is 2.17. The van der Waals surface area contributed by atoms with Gasteiger partial charge in [-0.15, -0.1) is 11.8 Å². The Balaban J connectivity index is 2.50. The minimum atomic E-state index is -0.987. The van der Waals surface area contributed by atoms with Crippen LogP contribution in [0.25, 0.3) is 0 Å². The molecule has 0 amide bonds. The molecule has 1 nitrogen and oxygen atoms in total. The number of hydrogen-bond acceptors (Lipinski definition) is 2. The maximum Gasteiger partial charge on any atom is 0.142 e. The molecule has 0 aromatic heterocycles. The standard InChI is InChI=1S/C11H12ClFOS/c1-15-9-6-7(12)5-8(10(9)13)11(14)3-2-4-11/h5-6,14H,2-4H2,1H3. The molecule has 1 saturated carbocycles. The van der Waals surface area contributed by atoms with Crippen LogP contribution in [0.1, 0.15) is 24.8 Å². The summed E-state index contributed by atoms with van der Waals surface area (Å²) in [7, 11) is 0. The van der Waals surface area contributed by atoms with Gasteiger partial charge in [-0.3, -0.25) is 0 Å². The third-order valence-electron chi connectivity index (χ3n) is 2.91. The van der Waals surface area contributed by atoms with Gasteiger partial charge in [0.25, 0.3) is 0 Å². The molecule has 1 aliphatic carbocycles. The minimum absolute atomic E-state index is 0.325. The molecular weight excluding hydrogens is 235 g/mol. The summed E-state index contributed by atoms with van der Waals surface area (Å²) < 4.78 is 13.9. The summed E-state index contributed by atoms with van der Waals surface area (Å²) >= 11 is 7.20. The fourth-order valence-corrected chi connectivity index (χ4v) is 2.65. The van der Waals surface area contributed by atoms with Crippen LogP contribution >= 0.6 is 23.4 Å².